The molecule has 104 valence electrons. The van der Waals surface area contributed by atoms with Crippen LogP contribution in [0.4, 0.5) is 4.39 Å². The molecule has 4 heteroatoms. The van der Waals surface area contributed by atoms with Gasteiger partial charge in [0, 0.05) is 19.4 Å². The summed E-state index contributed by atoms with van der Waals surface area (Å²) in [5, 5.41) is 0. The topological polar surface area (TPSA) is 35.5 Å². The minimum Gasteiger partial charge on any atom is -0.494 e. The van der Waals surface area contributed by atoms with Gasteiger partial charge in [-0.2, -0.15) is 0 Å². The fraction of sp³-hybridized carbons (Fsp3) is 0.533. The number of rotatable bonds is 5. The molecule has 0 aromatic heterocycles. The maximum atomic E-state index is 13.9. The number of methoxy groups -OCH3 is 1. The molecule has 1 atom stereocenters. The average Bonchev–Trinajstić information content (AvgIpc) is 2.42. The van der Waals surface area contributed by atoms with E-state index in [0.717, 1.165) is 25.9 Å². The molecular weight excluding hydrogens is 247 g/mol. The van der Waals surface area contributed by atoms with Gasteiger partial charge in [0.05, 0.1) is 13.2 Å². The monoisotopic (exact) mass is 266 g/mol. The van der Waals surface area contributed by atoms with Gasteiger partial charge in [0.1, 0.15) is 5.78 Å². The second-order valence-electron chi connectivity index (χ2n) is 4.84. The Bertz CT molecular complexity index is 439. The molecule has 1 saturated heterocycles. The van der Waals surface area contributed by atoms with Crippen molar-refractivity contribution >= 4 is 5.78 Å². The van der Waals surface area contributed by atoms with Gasteiger partial charge in [0.2, 0.25) is 0 Å². The second kappa shape index (κ2) is 6.66. The third kappa shape index (κ3) is 3.77. The molecule has 1 heterocycles. The molecule has 0 radical (unpaired) electrons. The molecule has 1 unspecified atom stereocenters. The van der Waals surface area contributed by atoms with E-state index >= 15 is 0 Å². The van der Waals surface area contributed by atoms with Crippen LogP contribution in [0.1, 0.15) is 31.2 Å². The number of carbonyl (C=O) groups excluding carboxylic acids is 1. The van der Waals surface area contributed by atoms with Crippen LogP contribution in [0.15, 0.2) is 18.2 Å². The maximum absolute atomic E-state index is 13.9. The van der Waals surface area contributed by atoms with Gasteiger partial charge in [-0.1, -0.05) is 12.1 Å². The van der Waals surface area contributed by atoms with Crippen LogP contribution < -0.4 is 4.74 Å². The van der Waals surface area contributed by atoms with Crippen molar-refractivity contribution in [2.75, 3.05) is 13.7 Å². The highest BCUT2D eigenvalue weighted by atomic mass is 19.1. The summed E-state index contributed by atoms with van der Waals surface area (Å²) < 4.78 is 24.3. The minimum absolute atomic E-state index is 0.00918. The largest absolute Gasteiger partial charge is 0.494 e. The number of carbonyl (C=O) groups is 1. The van der Waals surface area contributed by atoms with Crippen LogP contribution in [0.5, 0.6) is 5.75 Å². The van der Waals surface area contributed by atoms with Crippen molar-refractivity contribution in [2.24, 2.45) is 0 Å². The molecule has 1 aliphatic rings. The lowest BCUT2D eigenvalue weighted by Gasteiger charge is -2.21. The molecule has 3 nitrogen and oxygen atoms in total. The Kier molecular flexibility index (Phi) is 4.91. The maximum Gasteiger partial charge on any atom is 0.168 e. The first-order chi connectivity index (χ1) is 9.20. The third-order valence-corrected chi connectivity index (χ3v) is 3.38. The molecule has 2 rings (SSSR count). The quantitative estimate of drug-likeness (QED) is 0.822. The second-order valence-corrected chi connectivity index (χ2v) is 4.84. The highest BCUT2D eigenvalue weighted by Gasteiger charge is 2.19. The fourth-order valence-electron chi connectivity index (χ4n) is 2.36. The Balaban J connectivity index is 1.94. The highest BCUT2D eigenvalue weighted by molar-refractivity contribution is 5.81. The lowest BCUT2D eigenvalue weighted by atomic mass is 10.00. The first-order valence-electron chi connectivity index (χ1n) is 6.65. The predicted octanol–water partition coefficient (Wildman–Crippen LogP) is 2.91. The first-order valence-corrected chi connectivity index (χ1v) is 6.65. The molecule has 0 N–H and O–H groups in total. The Hall–Kier alpha value is -1.42. The van der Waals surface area contributed by atoms with E-state index in [-0.39, 0.29) is 24.1 Å². The van der Waals surface area contributed by atoms with E-state index in [2.05, 4.69) is 0 Å². The molecule has 0 amide bonds. The van der Waals surface area contributed by atoms with Gasteiger partial charge in [-0.25, -0.2) is 4.39 Å². The normalized spacial score (nSPS) is 19.2. The van der Waals surface area contributed by atoms with Crippen molar-refractivity contribution in [2.45, 2.75) is 38.2 Å². The minimum atomic E-state index is -0.442. The zero-order valence-corrected chi connectivity index (χ0v) is 11.2. The van der Waals surface area contributed by atoms with Crippen molar-refractivity contribution in [3.63, 3.8) is 0 Å². The van der Waals surface area contributed by atoms with E-state index in [1.54, 1.807) is 18.2 Å². The summed E-state index contributed by atoms with van der Waals surface area (Å²) in [5.74, 6) is -0.249. The molecule has 1 fully saturated rings. The number of benzene rings is 1. The Labute approximate surface area is 112 Å². The summed E-state index contributed by atoms with van der Waals surface area (Å²) >= 11 is 0. The van der Waals surface area contributed by atoms with Crippen molar-refractivity contribution in [3.05, 3.63) is 29.6 Å². The van der Waals surface area contributed by atoms with Gasteiger partial charge in [-0.05, 0) is 30.9 Å². The summed E-state index contributed by atoms with van der Waals surface area (Å²) in [6.07, 6.45) is 3.57. The van der Waals surface area contributed by atoms with E-state index in [9.17, 15) is 9.18 Å². The van der Waals surface area contributed by atoms with Crippen molar-refractivity contribution < 1.29 is 18.7 Å². The first kappa shape index (κ1) is 14.0. The van der Waals surface area contributed by atoms with Crippen LogP contribution in [0.2, 0.25) is 0 Å². The summed E-state index contributed by atoms with van der Waals surface area (Å²) in [6.45, 7) is 0.728. The average molecular weight is 266 g/mol. The van der Waals surface area contributed by atoms with Gasteiger partial charge in [-0.15, -0.1) is 0 Å². The van der Waals surface area contributed by atoms with Gasteiger partial charge >= 0.3 is 0 Å². The van der Waals surface area contributed by atoms with Gasteiger partial charge in [-0.3, -0.25) is 4.79 Å². The SMILES string of the molecule is COc1cccc(CC(=O)CC2CCCCO2)c1F. The van der Waals surface area contributed by atoms with Crippen LogP contribution in [-0.2, 0) is 16.0 Å². The van der Waals surface area contributed by atoms with Crippen molar-refractivity contribution in [1.29, 1.82) is 0 Å². The number of Topliss-reactive ketones (excluding diaryl/α,β-unsaturated/α-hetero) is 1. The molecular formula is C15H19FO3. The van der Waals surface area contributed by atoms with E-state index in [1.165, 1.54) is 7.11 Å². The third-order valence-electron chi connectivity index (χ3n) is 3.38. The van der Waals surface area contributed by atoms with E-state index in [0.29, 0.717) is 12.0 Å². The lowest BCUT2D eigenvalue weighted by Crippen LogP contribution is -2.23. The molecule has 0 aliphatic carbocycles. The number of ether oxygens (including phenoxy) is 2. The van der Waals surface area contributed by atoms with Crippen LogP contribution in [0.25, 0.3) is 0 Å². The number of hydrogen-bond acceptors (Lipinski definition) is 3. The summed E-state index contributed by atoms with van der Waals surface area (Å²) in [7, 11) is 1.42. The Morgan fingerprint density at radius 2 is 2.32 bits per heavy atom. The Morgan fingerprint density at radius 3 is 3.00 bits per heavy atom. The van der Waals surface area contributed by atoms with E-state index in [4.69, 9.17) is 9.47 Å². The van der Waals surface area contributed by atoms with E-state index < -0.39 is 5.82 Å². The smallest absolute Gasteiger partial charge is 0.168 e. The Morgan fingerprint density at radius 1 is 1.47 bits per heavy atom. The molecule has 0 bridgehead atoms. The zero-order chi connectivity index (χ0) is 13.7. The van der Waals surface area contributed by atoms with Crippen LogP contribution in [-0.4, -0.2) is 25.6 Å². The summed E-state index contributed by atoms with van der Waals surface area (Å²) in [5.41, 5.74) is 0.389. The molecule has 1 aromatic rings. The number of halogens is 1. The van der Waals surface area contributed by atoms with Gasteiger partial charge in [0.25, 0.3) is 0 Å². The van der Waals surface area contributed by atoms with E-state index in [1.807, 2.05) is 0 Å². The molecule has 19 heavy (non-hydrogen) atoms. The predicted molar refractivity (Wildman–Crippen MR) is 69.9 cm³/mol. The van der Waals surface area contributed by atoms with Crippen LogP contribution >= 0.6 is 0 Å². The zero-order valence-electron chi connectivity index (χ0n) is 11.2. The van der Waals surface area contributed by atoms with Crippen molar-refractivity contribution in [3.8, 4) is 5.75 Å². The van der Waals surface area contributed by atoms with Gasteiger partial charge < -0.3 is 9.47 Å². The standard InChI is InChI=1S/C15H19FO3/c1-18-14-7-4-5-11(15(14)16)9-12(17)10-13-6-2-3-8-19-13/h4-5,7,13H,2-3,6,8-10H2,1H3. The molecule has 0 saturated carbocycles. The lowest BCUT2D eigenvalue weighted by molar-refractivity contribution is -0.122. The molecule has 1 aromatic carbocycles. The fourth-order valence-corrected chi connectivity index (χ4v) is 2.36. The summed E-state index contributed by atoms with van der Waals surface area (Å²) in [4.78, 5) is 11.9. The molecule has 0 spiro atoms. The van der Waals surface area contributed by atoms with Crippen LogP contribution in [0, 0.1) is 5.82 Å². The van der Waals surface area contributed by atoms with Gasteiger partial charge in [0.15, 0.2) is 11.6 Å². The highest BCUT2D eigenvalue weighted by Crippen LogP contribution is 2.22. The number of ketones is 1. The number of hydrogen-bond donors (Lipinski definition) is 0. The van der Waals surface area contributed by atoms with Crippen molar-refractivity contribution in [1.82, 2.24) is 0 Å². The van der Waals surface area contributed by atoms with Crippen LogP contribution in [0.3, 0.4) is 0 Å². The summed E-state index contributed by atoms with van der Waals surface area (Å²) in [6, 6.07) is 4.87. The molecule has 1 aliphatic heterocycles.